The van der Waals surface area contributed by atoms with E-state index in [1.54, 1.807) is 11.8 Å². The molecule has 7 nitrogen and oxygen atoms in total. The molecule has 1 aliphatic heterocycles. The number of carboxylic acid groups (broad SMARTS) is 1. The number of hydrogen-bond donors (Lipinski definition) is 2. The van der Waals surface area contributed by atoms with Crippen LogP contribution in [0.5, 0.6) is 0 Å². The molecule has 2 aromatic rings. The van der Waals surface area contributed by atoms with E-state index in [9.17, 15) is 19.5 Å². The summed E-state index contributed by atoms with van der Waals surface area (Å²) >= 11 is 0. The Morgan fingerprint density at radius 1 is 1.03 bits per heavy atom. The molecule has 1 saturated heterocycles. The minimum atomic E-state index is -1.09. The van der Waals surface area contributed by atoms with Crippen molar-refractivity contribution in [3.05, 3.63) is 59.7 Å². The number of carbonyl (C=O) groups is 3. The molecule has 34 heavy (non-hydrogen) atoms. The molecule has 3 aliphatic rings. The summed E-state index contributed by atoms with van der Waals surface area (Å²) in [5.41, 5.74) is 3.48. The number of aliphatic carboxylic acids is 1. The molecule has 2 atom stereocenters. The van der Waals surface area contributed by atoms with Crippen LogP contribution in [-0.4, -0.2) is 53.2 Å². The molecule has 2 aromatic carbocycles. The van der Waals surface area contributed by atoms with Gasteiger partial charge in [-0.15, -0.1) is 0 Å². The van der Waals surface area contributed by atoms with Crippen LogP contribution in [0.1, 0.15) is 49.7 Å². The first kappa shape index (κ1) is 22.4. The molecule has 2 N–H and O–H groups in total. The molecule has 5 rings (SSSR count). The summed E-state index contributed by atoms with van der Waals surface area (Å²) in [6.07, 6.45) is 2.30. The lowest BCUT2D eigenvalue weighted by Gasteiger charge is -2.38. The van der Waals surface area contributed by atoms with E-state index in [1.165, 1.54) is 0 Å². The van der Waals surface area contributed by atoms with Gasteiger partial charge in [-0.1, -0.05) is 48.5 Å². The number of likely N-dealkylation sites (tertiary alicyclic amines) is 1. The lowest BCUT2D eigenvalue weighted by molar-refractivity contribution is -0.148. The van der Waals surface area contributed by atoms with Crippen molar-refractivity contribution in [1.29, 1.82) is 0 Å². The number of nitrogens with zero attached hydrogens (tertiary/aromatic N) is 1. The van der Waals surface area contributed by atoms with E-state index in [1.807, 2.05) is 24.3 Å². The first-order valence-corrected chi connectivity index (χ1v) is 12.0. The molecule has 2 amide bonds. The maximum absolute atomic E-state index is 13.5. The third-order valence-corrected chi connectivity index (χ3v) is 7.60. The van der Waals surface area contributed by atoms with Crippen LogP contribution in [-0.2, 0) is 14.3 Å². The van der Waals surface area contributed by atoms with Crippen LogP contribution in [0.4, 0.5) is 4.79 Å². The fraction of sp³-hybridized carbons (Fsp3) is 0.444. The average Bonchev–Trinajstić information content (AvgIpc) is 3.66. The molecule has 2 aliphatic carbocycles. The predicted molar refractivity (Wildman–Crippen MR) is 126 cm³/mol. The standard InChI is InChI=1S/C27H30N2O5/c1-27(18-12-13-18,25(32)29-14-6-7-17(15-29)24(30)31)28-26(33)34-16-23-21-10-4-2-8-19(21)20-9-3-5-11-22(20)23/h2-5,8-11,17-18,23H,6-7,12-16H2,1H3,(H,28,33)(H,30,31)/t17-,27?/m1/s1. The smallest absolute Gasteiger partial charge is 0.408 e. The van der Waals surface area contributed by atoms with E-state index in [-0.39, 0.29) is 30.9 Å². The molecule has 1 unspecified atom stereocenters. The van der Waals surface area contributed by atoms with E-state index in [0.29, 0.717) is 19.4 Å². The number of rotatable bonds is 6. The number of nitrogens with one attached hydrogen (secondary N) is 1. The maximum atomic E-state index is 13.5. The van der Waals surface area contributed by atoms with Gasteiger partial charge in [0.2, 0.25) is 5.91 Å². The maximum Gasteiger partial charge on any atom is 0.408 e. The Morgan fingerprint density at radius 3 is 2.24 bits per heavy atom. The summed E-state index contributed by atoms with van der Waals surface area (Å²) in [6.45, 7) is 2.62. The van der Waals surface area contributed by atoms with E-state index in [2.05, 4.69) is 29.6 Å². The van der Waals surface area contributed by atoms with Gasteiger partial charge in [-0.2, -0.15) is 0 Å². The van der Waals surface area contributed by atoms with Gasteiger partial charge < -0.3 is 20.1 Å². The summed E-state index contributed by atoms with van der Waals surface area (Å²) in [7, 11) is 0. The van der Waals surface area contributed by atoms with Crippen molar-refractivity contribution >= 4 is 18.0 Å². The Kier molecular flexibility index (Phi) is 5.80. The van der Waals surface area contributed by atoms with Gasteiger partial charge in [0, 0.05) is 19.0 Å². The Hall–Kier alpha value is -3.35. The average molecular weight is 463 g/mol. The van der Waals surface area contributed by atoms with Crippen molar-refractivity contribution in [2.45, 2.75) is 44.1 Å². The second-order valence-electron chi connectivity index (χ2n) is 9.86. The molecule has 1 heterocycles. The number of benzene rings is 2. The molecule has 0 spiro atoms. The van der Waals surface area contributed by atoms with Gasteiger partial charge in [-0.05, 0) is 60.8 Å². The normalized spacial score (nSPS) is 21.2. The molecule has 0 radical (unpaired) electrons. The Morgan fingerprint density at radius 2 is 1.65 bits per heavy atom. The van der Waals surface area contributed by atoms with Crippen LogP contribution in [0, 0.1) is 11.8 Å². The van der Waals surface area contributed by atoms with Crippen molar-refractivity contribution < 1.29 is 24.2 Å². The van der Waals surface area contributed by atoms with E-state index in [4.69, 9.17) is 4.74 Å². The Bertz CT molecular complexity index is 1080. The second kappa shape index (κ2) is 8.78. The van der Waals surface area contributed by atoms with Gasteiger partial charge in [-0.3, -0.25) is 9.59 Å². The van der Waals surface area contributed by atoms with Crippen LogP contribution in [0.25, 0.3) is 11.1 Å². The van der Waals surface area contributed by atoms with Crippen molar-refractivity contribution in [2.75, 3.05) is 19.7 Å². The second-order valence-corrected chi connectivity index (χ2v) is 9.86. The fourth-order valence-electron chi connectivity index (χ4n) is 5.53. The van der Waals surface area contributed by atoms with E-state index >= 15 is 0 Å². The van der Waals surface area contributed by atoms with E-state index < -0.39 is 23.5 Å². The van der Waals surface area contributed by atoms with Gasteiger partial charge >= 0.3 is 12.1 Å². The Labute approximate surface area is 199 Å². The van der Waals surface area contributed by atoms with Gasteiger partial charge in [0.05, 0.1) is 5.92 Å². The summed E-state index contributed by atoms with van der Waals surface area (Å²) < 4.78 is 5.70. The van der Waals surface area contributed by atoms with Crippen molar-refractivity contribution in [3.8, 4) is 11.1 Å². The lowest BCUT2D eigenvalue weighted by Crippen LogP contribution is -2.61. The molecule has 0 aromatic heterocycles. The highest BCUT2D eigenvalue weighted by Crippen LogP contribution is 2.45. The molecule has 1 saturated carbocycles. The van der Waals surface area contributed by atoms with Crippen LogP contribution >= 0.6 is 0 Å². The van der Waals surface area contributed by atoms with Crippen LogP contribution in [0.2, 0.25) is 0 Å². The number of alkyl carbamates (subject to hydrolysis) is 1. The topological polar surface area (TPSA) is 95.9 Å². The Balaban J connectivity index is 1.28. The molecular weight excluding hydrogens is 432 g/mol. The minimum Gasteiger partial charge on any atom is -0.481 e. The molecule has 0 bridgehead atoms. The highest BCUT2D eigenvalue weighted by atomic mass is 16.5. The first-order chi connectivity index (χ1) is 16.4. The number of piperidine rings is 1. The molecule has 178 valence electrons. The van der Waals surface area contributed by atoms with Gasteiger partial charge in [0.25, 0.3) is 0 Å². The largest absolute Gasteiger partial charge is 0.481 e. The van der Waals surface area contributed by atoms with Gasteiger partial charge in [0.1, 0.15) is 12.1 Å². The predicted octanol–water partition coefficient (Wildman–Crippen LogP) is 4.02. The van der Waals surface area contributed by atoms with Crippen molar-refractivity contribution in [3.63, 3.8) is 0 Å². The summed E-state index contributed by atoms with van der Waals surface area (Å²) in [6, 6.07) is 16.3. The molecular formula is C27H30N2O5. The number of hydrogen-bond acceptors (Lipinski definition) is 4. The fourth-order valence-corrected chi connectivity index (χ4v) is 5.53. The number of amides is 2. The van der Waals surface area contributed by atoms with Gasteiger partial charge in [-0.25, -0.2) is 4.79 Å². The van der Waals surface area contributed by atoms with Crippen molar-refractivity contribution in [2.24, 2.45) is 11.8 Å². The van der Waals surface area contributed by atoms with Crippen LogP contribution < -0.4 is 5.32 Å². The SMILES string of the molecule is CC(NC(=O)OCC1c2ccccc2-c2ccccc21)(C(=O)N1CCC[C@@H](C(=O)O)C1)C1CC1. The van der Waals surface area contributed by atoms with Crippen LogP contribution in [0.15, 0.2) is 48.5 Å². The minimum absolute atomic E-state index is 0.0330. The number of carboxylic acids is 1. The lowest BCUT2D eigenvalue weighted by atomic mass is 9.91. The summed E-state index contributed by atoms with van der Waals surface area (Å²) in [4.78, 5) is 39.4. The zero-order chi connectivity index (χ0) is 23.9. The summed E-state index contributed by atoms with van der Waals surface area (Å²) in [5.74, 6) is -1.68. The third-order valence-electron chi connectivity index (χ3n) is 7.60. The van der Waals surface area contributed by atoms with Gasteiger partial charge in [0.15, 0.2) is 0 Å². The number of carbonyl (C=O) groups excluding carboxylic acids is 2. The third kappa shape index (κ3) is 4.04. The first-order valence-electron chi connectivity index (χ1n) is 12.0. The zero-order valence-electron chi connectivity index (χ0n) is 19.3. The zero-order valence-corrected chi connectivity index (χ0v) is 19.3. The number of ether oxygens (including phenoxy) is 1. The summed E-state index contributed by atoms with van der Waals surface area (Å²) in [5, 5.41) is 12.3. The van der Waals surface area contributed by atoms with Crippen LogP contribution in [0.3, 0.4) is 0 Å². The number of fused-ring (bicyclic) bond motifs is 3. The molecule has 2 fully saturated rings. The van der Waals surface area contributed by atoms with E-state index in [0.717, 1.165) is 35.1 Å². The molecule has 7 heteroatoms. The monoisotopic (exact) mass is 462 g/mol. The highest BCUT2D eigenvalue weighted by Gasteiger charge is 2.51. The highest BCUT2D eigenvalue weighted by molar-refractivity contribution is 5.91. The van der Waals surface area contributed by atoms with Crippen molar-refractivity contribution in [1.82, 2.24) is 10.2 Å². The quantitative estimate of drug-likeness (QED) is 0.676.